The lowest BCUT2D eigenvalue weighted by Crippen LogP contribution is -2.18. The summed E-state index contributed by atoms with van der Waals surface area (Å²) in [6.45, 7) is 0. The van der Waals surface area contributed by atoms with Crippen LogP contribution >= 0.6 is 11.6 Å². The van der Waals surface area contributed by atoms with Crippen LogP contribution in [0.2, 0.25) is 0 Å². The van der Waals surface area contributed by atoms with E-state index in [1.807, 2.05) is 54.6 Å². The van der Waals surface area contributed by atoms with Gasteiger partial charge in [-0.2, -0.15) is 0 Å². The fourth-order valence-corrected chi connectivity index (χ4v) is 5.00. The quantitative estimate of drug-likeness (QED) is 0.219. The van der Waals surface area contributed by atoms with Crippen molar-refractivity contribution in [2.24, 2.45) is 5.92 Å². The number of hydrogen-bond donors (Lipinski definition) is 2. The summed E-state index contributed by atoms with van der Waals surface area (Å²) in [5, 5.41) is 21.2. The number of methoxy groups -OCH3 is 1. The van der Waals surface area contributed by atoms with Gasteiger partial charge < -0.3 is 14.9 Å². The molecule has 1 unspecified atom stereocenters. The topological polar surface area (TPSA) is 66.8 Å². The molecule has 0 amide bonds. The van der Waals surface area contributed by atoms with Gasteiger partial charge >= 0.3 is 5.97 Å². The van der Waals surface area contributed by atoms with Crippen LogP contribution in [0.25, 0.3) is 0 Å². The van der Waals surface area contributed by atoms with Crippen LogP contribution in [0.15, 0.2) is 66.7 Å². The summed E-state index contributed by atoms with van der Waals surface area (Å²) in [5.74, 6) is -0.0725. The Morgan fingerprint density at radius 3 is 2.56 bits per heavy atom. The molecule has 32 heavy (non-hydrogen) atoms. The summed E-state index contributed by atoms with van der Waals surface area (Å²) in [6, 6.07) is 17.9. The molecule has 0 aliphatic heterocycles. The van der Waals surface area contributed by atoms with Gasteiger partial charge in [-0.3, -0.25) is 4.79 Å². The van der Waals surface area contributed by atoms with Crippen molar-refractivity contribution in [3.63, 3.8) is 0 Å². The molecule has 1 saturated carbocycles. The van der Waals surface area contributed by atoms with E-state index in [2.05, 4.69) is 16.9 Å². The number of aliphatic hydroxyl groups is 2. The number of carbonyl (C=O) groups is 1. The highest BCUT2D eigenvalue weighted by Crippen LogP contribution is 2.45. The minimum atomic E-state index is -0.565. The molecule has 172 valence electrons. The minimum Gasteiger partial charge on any atom is -0.469 e. The van der Waals surface area contributed by atoms with Crippen molar-refractivity contribution in [1.29, 1.82) is 0 Å². The van der Waals surface area contributed by atoms with E-state index in [1.54, 1.807) is 0 Å². The Kier molecular flexibility index (Phi) is 9.34. The summed E-state index contributed by atoms with van der Waals surface area (Å²) >= 11 is 6.60. The zero-order valence-corrected chi connectivity index (χ0v) is 19.3. The van der Waals surface area contributed by atoms with Gasteiger partial charge in [-0.15, -0.1) is 11.6 Å². The molecule has 0 bridgehead atoms. The van der Waals surface area contributed by atoms with Gasteiger partial charge in [-0.05, 0) is 48.3 Å². The molecule has 2 N–H and O–H groups in total. The number of carbonyl (C=O) groups excluding carboxylic acids is 1. The zero-order chi connectivity index (χ0) is 22.9. The summed E-state index contributed by atoms with van der Waals surface area (Å²) in [7, 11) is 1.40. The number of aliphatic hydroxyl groups excluding tert-OH is 2. The van der Waals surface area contributed by atoms with Gasteiger partial charge in [0.2, 0.25) is 0 Å². The Morgan fingerprint density at radius 2 is 1.88 bits per heavy atom. The molecule has 0 spiro atoms. The van der Waals surface area contributed by atoms with Gasteiger partial charge in [0.15, 0.2) is 0 Å². The second kappa shape index (κ2) is 12.2. The lowest BCUT2D eigenvalue weighted by molar-refractivity contribution is -0.140. The van der Waals surface area contributed by atoms with Crippen molar-refractivity contribution in [3.8, 4) is 0 Å². The number of unbranched alkanes of at least 4 members (excludes halogenated alkanes) is 1. The maximum Gasteiger partial charge on any atom is 0.305 e. The molecule has 1 fully saturated rings. The maximum atomic E-state index is 11.2. The largest absolute Gasteiger partial charge is 0.469 e. The number of rotatable bonds is 10. The summed E-state index contributed by atoms with van der Waals surface area (Å²) < 4.78 is 4.66. The monoisotopic (exact) mass is 456 g/mol. The maximum absolute atomic E-state index is 11.2. The van der Waals surface area contributed by atoms with Crippen LogP contribution in [0.4, 0.5) is 0 Å². The molecule has 0 heterocycles. The Bertz CT molecular complexity index is 865. The molecular formula is C27H33ClO4. The third-order valence-electron chi connectivity index (χ3n) is 6.34. The molecule has 0 radical (unpaired) electrons. The first-order chi connectivity index (χ1) is 15.5. The van der Waals surface area contributed by atoms with Gasteiger partial charge in [0.25, 0.3) is 0 Å². The Hall–Kier alpha value is -2.14. The molecule has 4 nitrogen and oxygen atoms in total. The van der Waals surface area contributed by atoms with Crippen molar-refractivity contribution in [3.05, 3.63) is 83.4 Å². The fourth-order valence-electron chi connectivity index (χ4n) is 4.56. The van der Waals surface area contributed by atoms with Crippen molar-refractivity contribution < 1.29 is 19.7 Å². The molecule has 0 saturated heterocycles. The minimum absolute atomic E-state index is 0.0301. The normalized spacial score (nSPS) is 24.0. The second-order valence-corrected chi connectivity index (χ2v) is 9.12. The summed E-state index contributed by atoms with van der Waals surface area (Å²) in [4.78, 5) is 11.2. The van der Waals surface area contributed by atoms with Crippen LogP contribution in [-0.2, 0) is 16.0 Å². The van der Waals surface area contributed by atoms with E-state index in [9.17, 15) is 15.0 Å². The summed E-state index contributed by atoms with van der Waals surface area (Å²) in [6.07, 6.45) is 7.08. The second-order valence-electron chi connectivity index (χ2n) is 8.56. The SMILES string of the molecule is COC(=O)CCC/C=C\C[C@@H]1[C@@H](c2ccc(C(O)Cc3ccccc3)cc2)[C@H](O)C[C@@H]1Cl. The number of hydrogen-bond acceptors (Lipinski definition) is 4. The first-order valence-corrected chi connectivity index (χ1v) is 11.8. The van der Waals surface area contributed by atoms with E-state index >= 15 is 0 Å². The predicted octanol–water partition coefficient (Wildman–Crippen LogP) is 5.32. The molecule has 3 rings (SSSR count). The van der Waals surface area contributed by atoms with Crippen molar-refractivity contribution in [1.82, 2.24) is 0 Å². The van der Waals surface area contributed by atoms with Crippen LogP contribution < -0.4 is 0 Å². The number of halogens is 1. The Balaban J connectivity index is 1.59. The molecule has 0 aromatic heterocycles. The van der Waals surface area contributed by atoms with E-state index in [0.717, 1.165) is 36.0 Å². The highest BCUT2D eigenvalue weighted by molar-refractivity contribution is 6.21. The van der Waals surface area contributed by atoms with E-state index in [4.69, 9.17) is 11.6 Å². The van der Waals surface area contributed by atoms with Gasteiger partial charge in [0.05, 0.1) is 19.3 Å². The first-order valence-electron chi connectivity index (χ1n) is 11.4. The Morgan fingerprint density at radius 1 is 1.16 bits per heavy atom. The van der Waals surface area contributed by atoms with Crippen molar-refractivity contribution >= 4 is 17.6 Å². The van der Waals surface area contributed by atoms with Gasteiger partial charge in [-0.25, -0.2) is 0 Å². The number of allylic oxidation sites excluding steroid dienone is 2. The van der Waals surface area contributed by atoms with Gasteiger partial charge in [-0.1, -0.05) is 66.7 Å². The van der Waals surface area contributed by atoms with Crippen LogP contribution in [0.5, 0.6) is 0 Å². The highest BCUT2D eigenvalue weighted by atomic mass is 35.5. The lowest BCUT2D eigenvalue weighted by Gasteiger charge is -2.23. The zero-order valence-electron chi connectivity index (χ0n) is 18.6. The fraction of sp³-hybridized carbons (Fsp3) is 0.444. The molecule has 2 aromatic rings. The average Bonchev–Trinajstić information content (AvgIpc) is 3.09. The van der Waals surface area contributed by atoms with Crippen LogP contribution in [-0.4, -0.2) is 34.8 Å². The first kappa shape index (κ1) is 24.5. The van der Waals surface area contributed by atoms with Crippen molar-refractivity contribution in [2.75, 3.05) is 7.11 Å². The average molecular weight is 457 g/mol. The van der Waals surface area contributed by atoms with Crippen molar-refractivity contribution in [2.45, 2.75) is 62.0 Å². The van der Waals surface area contributed by atoms with Crippen LogP contribution in [0.3, 0.4) is 0 Å². The molecule has 5 heteroatoms. The smallest absolute Gasteiger partial charge is 0.305 e. The molecule has 1 aliphatic rings. The molecule has 1 aliphatic carbocycles. The van der Waals surface area contributed by atoms with Gasteiger partial charge in [0, 0.05) is 24.1 Å². The van der Waals surface area contributed by atoms with E-state index in [1.165, 1.54) is 7.11 Å². The van der Waals surface area contributed by atoms with E-state index in [0.29, 0.717) is 19.3 Å². The predicted molar refractivity (Wildman–Crippen MR) is 128 cm³/mol. The van der Waals surface area contributed by atoms with E-state index < -0.39 is 12.2 Å². The van der Waals surface area contributed by atoms with Crippen LogP contribution in [0.1, 0.15) is 60.8 Å². The van der Waals surface area contributed by atoms with Gasteiger partial charge in [0.1, 0.15) is 0 Å². The highest BCUT2D eigenvalue weighted by Gasteiger charge is 2.41. The number of benzene rings is 2. The number of alkyl halides is 1. The number of ether oxygens (including phenoxy) is 1. The molecular weight excluding hydrogens is 424 g/mol. The third-order valence-corrected chi connectivity index (χ3v) is 6.84. The standard InChI is InChI=1S/C27H33ClO4/c1-32-26(31)12-8-3-2-7-11-22-23(28)18-25(30)27(22)21-15-13-20(14-16-21)24(29)17-19-9-5-4-6-10-19/h2,4-7,9-10,13-16,22-25,27,29-30H,3,8,11-12,17-18H2,1H3/b7-2-/t22-,23-,24?,25+,27+/m0/s1. The number of esters is 1. The third kappa shape index (κ3) is 6.68. The van der Waals surface area contributed by atoms with E-state index in [-0.39, 0.29) is 23.2 Å². The summed E-state index contributed by atoms with van der Waals surface area (Å²) in [5.41, 5.74) is 3.02. The lowest BCUT2D eigenvalue weighted by atomic mass is 9.84. The Labute approximate surface area is 195 Å². The molecule has 2 aromatic carbocycles. The molecule has 5 atom stereocenters. The van der Waals surface area contributed by atoms with Crippen LogP contribution in [0, 0.1) is 5.92 Å².